The smallest absolute Gasteiger partial charge is 0.410 e. The van der Waals surface area contributed by atoms with Gasteiger partial charge in [0.1, 0.15) is 12.9 Å². The van der Waals surface area contributed by atoms with Crippen LogP contribution < -0.4 is 0 Å². The van der Waals surface area contributed by atoms with Crippen LogP contribution in [0.25, 0.3) is 0 Å². The first-order valence-corrected chi connectivity index (χ1v) is 5.73. The van der Waals surface area contributed by atoms with Crippen LogP contribution in [0.3, 0.4) is 0 Å². The first-order chi connectivity index (χ1) is 9.07. The van der Waals surface area contributed by atoms with Gasteiger partial charge in [-0.15, -0.1) is 0 Å². The van der Waals surface area contributed by atoms with E-state index in [0.29, 0.717) is 5.69 Å². The molecule has 0 saturated carbocycles. The number of nitrogens with zero attached hydrogens (tertiary/aromatic N) is 2. The molecule has 0 aromatic carbocycles. The minimum atomic E-state index is -0.942. The van der Waals surface area contributed by atoms with E-state index in [-0.39, 0.29) is 26.1 Å². The lowest BCUT2D eigenvalue weighted by Gasteiger charge is -2.47. The van der Waals surface area contributed by atoms with Crippen molar-refractivity contribution in [1.29, 1.82) is 0 Å². The van der Waals surface area contributed by atoms with Crippen molar-refractivity contribution in [2.45, 2.75) is 11.8 Å². The molecular formula is C12H14N2O5. The third kappa shape index (κ3) is 2.59. The SMILES string of the molecule is C=CCOC(=O)N1CC(CC(=O)O)(c2ccon2)C1. The van der Waals surface area contributed by atoms with Gasteiger partial charge in [-0.2, -0.15) is 0 Å². The summed E-state index contributed by atoms with van der Waals surface area (Å²) >= 11 is 0. The molecule has 1 aliphatic heterocycles. The second-order valence-corrected chi connectivity index (χ2v) is 4.46. The van der Waals surface area contributed by atoms with Crippen molar-refractivity contribution in [2.75, 3.05) is 19.7 Å². The minimum Gasteiger partial charge on any atom is -0.481 e. The average Bonchev–Trinajstić information content (AvgIpc) is 2.83. The standard InChI is InChI=1S/C12H14N2O5/c1-2-4-18-11(17)14-7-12(8-14,6-10(15)16)9-3-5-19-13-9/h2-3,5H,1,4,6-8H2,(H,15,16). The van der Waals surface area contributed by atoms with Gasteiger partial charge in [-0.25, -0.2) is 4.79 Å². The van der Waals surface area contributed by atoms with E-state index in [1.807, 2.05) is 0 Å². The van der Waals surface area contributed by atoms with Crippen LogP contribution in [-0.4, -0.2) is 46.9 Å². The lowest BCUT2D eigenvalue weighted by molar-refractivity contribution is -0.140. The van der Waals surface area contributed by atoms with E-state index < -0.39 is 17.5 Å². The Morgan fingerprint density at radius 2 is 2.37 bits per heavy atom. The predicted octanol–water partition coefficient (Wildman–Crippen LogP) is 1.03. The molecule has 19 heavy (non-hydrogen) atoms. The van der Waals surface area contributed by atoms with Crippen molar-refractivity contribution in [3.8, 4) is 0 Å². The Balaban J connectivity index is 2.03. The van der Waals surface area contributed by atoms with Crippen LogP contribution in [-0.2, 0) is 14.9 Å². The van der Waals surface area contributed by atoms with Crippen molar-refractivity contribution >= 4 is 12.1 Å². The molecular weight excluding hydrogens is 252 g/mol. The summed E-state index contributed by atoms with van der Waals surface area (Å²) in [6.07, 6.45) is 2.27. The molecule has 1 fully saturated rings. The number of rotatable bonds is 5. The van der Waals surface area contributed by atoms with E-state index in [2.05, 4.69) is 11.7 Å². The topological polar surface area (TPSA) is 92.9 Å². The van der Waals surface area contributed by atoms with Gasteiger partial charge in [-0.1, -0.05) is 17.8 Å². The summed E-state index contributed by atoms with van der Waals surface area (Å²) in [5.41, 5.74) is -0.144. The van der Waals surface area contributed by atoms with Crippen LogP contribution in [0.5, 0.6) is 0 Å². The average molecular weight is 266 g/mol. The summed E-state index contributed by atoms with van der Waals surface area (Å²) in [5.74, 6) is -0.942. The highest BCUT2D eigenvalue weighted by Crippen LogP contribution is 2.37. The monoisotopic (exact) mass is 266 g/mol. The molecule has 2 rings (SSSR count). The number of hydrogen-bond acceptors (Lipinski definition) is 5. The van der Waals surface area contributed by atoms with Crippen LogP contribution in [0.1, 0.15) is 12.1 Å². The molecule has 1 saturated heterocycles. The van der Waals surface area contributed by atoms with Crippen LogP contribution in [0, 0.1) is 0 Å². The summed E-state index contributed by atoms with van der Waals surface area (Å²) in [6.45, 7) is 4.08. The van der Waals surface area contributed by atoms with Gasteiger partial charge in [-0.05, 0) is 0 Å². The third-order valence-corrected chi connectivity index (χ3v) is 3.04. The van der Waals surface area contributed by atoms with Gasteiger partial charge >= 0.3 is 12.1 Å². The number of carbonyl (C=O) groups excluding carboxylic acids is 1. The Hall–Kier alpha value is -2.31. The fourth-order valence-corrected chi connectivity index (χ4v) is 2.17. The van der Waals surface area contributed by atoms with Gasteiger partial charge in [0.2, 0.25) is 0 Å². The van der Waals surface area contributed by atoms with Gasteiger partial charge in [-0.3, -0.25) is 4.79 Å². The summed E-state index contributed by atoms with van der Waals surface area (Å²) in [6, 6.07) is 1.62. The van der Waals surface area contributed by atoms with E-state index in [0.717, 1.165) is 0 Å². The number of hydrogen-bond donors (Lipinski definition) is 1. The Labute approximate surface area is 109 Å². The largest absolute Gasteiger partial charge is 0.481 e. The number of carboxylic acids is 1. The second kappa shape index (κ2) is 5.13. The van der Waals surface area contributed by atoms with Crippen molar-refractivity contribution in [3.63, 3.8) is 0 Å². The molecule has 7 nitrogen and oxygen atoms in total. The Kier molecular flexibility index (Phi) is 3.55. The Bertz CT molecular complexity index is 476. The predicted molar refractivity (Wildman–Crippen MR) is 63.6 cm³/mol. The van der Waals surface area contributed by atoms with E-state index in [1.165, 1.54) is 17.2 Å². The van der Waals surface area contributed by atoms with E-state index >= 15 is 0 Å². The van der Waals surface area contributed by atoms with Gasteiger partial charge in [0, 0.05) is 19.2 Å². The normalized spacial score (nSPS) is 16.5. The fourth-order valence-electron chi connectivity index (χ4n) is 2.17. The zero-order valence-electron chi connectivity index (χ0n) is 10.2. The van der Waals surface area contributed by atoms with Crippen molar-refractivity contribution in [2.24, 2.45) is 0 Å². The molecule has 0 unspecified atom stereocenters. The van der Waals surface area contributed by atoms with Crippen molar-refractivity contribution in [1.82, 2.24) is 10.1 Å². The number of likely N-dealkylation sites (tertiary alicyclic amines) is 1. The lowest BCUT2D eigenvalue weighted by Crippen LogP contribution is -2.62. The quantitative estimate of drug-likeness (QED) is 0.800. The zero-order chi connectivity index (χ0) is 13.9. The summed E-state index contributed by atoms with van der Waals surface area (Å²) in [7, 11) is 0. The molecule has 7 heteroatoms. The third-order valence-electron chi connectivity index (χ3n) is 3.04. The first-order valence-electron chi connectivity index (χ1n) is 5.73. The van der Waals surface area contributed by atoms with Crippen LogP contribution in [0.4, 0.5) is 4.79 Å². The molecule has 0 atom stereocenters. The summed E-state index contributed by atoms with van der Waals surface area (Å²) in [5, 5.41) is 12.8. The maximum Gasteiger partial charge on any atom is 0.410 e. The van der Waals surface area contributed by atoms with Gasteiger partial charge in [0.15, 0.2) is 0 Å². The number of ether oxygens (including phenoxy) is 1. The van der Waals surface area contributed by atoms with Crippen LogP contribution in [0.2, 0.25) is 0 Å². The molecule has 0 aliphatic carbocycles. The number of aromatic nitrogens is 1. The highest BCUT2D eigenvalue weighted by molar-refractivity contribution is 5.73. The summed E-state index contributed by atoms with van der Waals surface area (Å²) < 4.78 is 9.64. The number of carbonyl (C=O) groups is 2. The molecule has 0 bridgehead atoms. The number of carboxylic acid groups (broad SMARTS) is 1. The highest BCUT2D eigenvalue weighted by Gasteiger charge is 2.50. The Morgan fingerprint density at radius 1 is 1.63 bits per heavy atom. The number of amides is 1. The van der Waals surface area contributed by atoms with Crippen LogP contribution in [0.15, 0.2) is 29.5 Å². The maximum atomic E-state index is 11.6. The van der Waals surface area contributed by atoms with E-state index in [4.69, 9.17) is 14.4 Å². The molecule has 102 valence electrons. The minimum absolute atomic E-state index is 0.106. The van der Waals surface area contributed by atoms with E-state index in [9.17, 15) is 9.59 Å². The second-order valence-electron chi connectivity index (χ2n) is 4.46. The molecule has 0 spiro atoms. The zero-order valence-corrected chi connectivity index (χ0v) is 10.2. The highest BCUT2D eigenvalue weighted by atomic mass is 16.6. The molecule has 1 N–H and O–H groups in total. The fraction of sp³-hybridized carbons (Fsp3) is 0.417. The van der Waals surface area contributed by atoms with Gasteiger partial charge in [0.05, 0.1) is 17.5 Å². The maximum absolute atomic E-state index is 11.6. The van der Waals surface area contributed by atoms with Gasteiger partial charge < -0.3 is 19.3 Å². The molecule has 0 radical (unpaired) electrons. The molecule has 1 aromatic heterocycles. The molecule has 1 amide bonds. The van der Waals surface area contributed by atoms with E-state index in [1.54, 1.807) is 6.07 Å². The van der Waals surface area contributed by atoms with Crippen molar-refractivity contribution in [3.05, 3.63) is 30.7 Å². The lowest BCUT2D eigenvalue weighted by atomic mass is 9.74. The van der Waals surface area contributed by atoms with Crippen molar-refractivity contribution < 1.29 is 24.0 Å². The molecule has 1 aliphatic rings. The number of aliphatic carboxylic acids is 1. The molecule has 1 aromatic rings. The summed E-state index contributed by atoms with van der Waals surface area (Å²) in [4.78, 5) is 24.0. The van der Waals surface area contributed by atoms with Crippen LogP contribution >= 0.6 is 0 Å². The van der Waals surface area contributed by atoms with Gasteiger partial charge in [0.25, 0.3) is 0 Å². The Morgan fingerprint density at radius 3 is 2.89 bits per heavy atom. The molecule has 2 heterocycles. The first kappa shape index (κ1) is 13.1.